The first-order valence-electron chi connectivity index (χ1n) is 6.42. The number of likely N-dealkylation sites (N-methyl/N-ethyl adjacent to an activating group) is 1. The monoisotopic (exact) mass is 337 g/mol. The van der Waals surface area contributed by atoms with Gasteiger partial charge in [0.1, 0.15) is 0 Å². The molecule has 0 aliphatic carbocycles. The van der Waals surface area contributed by atoms with Gasteiger partial charge < -0.3 is 14.4 Å². The molecule has 3 rings (SSSR count). The molecular weight excluding hydrogens is 322 g/mol. The van der Waals surface area contributed by atoms with Gasteiger partial charge in [-0.2, -0.15) is 0 Å². The van der Waals surface area contributed by atoms with Crippen LogP contribution in [-0.2, 0) is 13.0 Å². The fraction of sp³-hybridized carbons (Fsp3) is 0.429. The van der Waals surface area contributed by atoms with Crippen LogP contribution in [0, 0.1) is 0 Å². The molecule has 0 spiro atoms. The van der Waals surface area contributed by atoms with E-state index in [1.165, 1.54) is 11.1 Å². The molecule has 2 aromatic rings. The first-order chi connectivity index (χ1) is 9.63. The van der Waals surface area contributed by atoms with Crippen molar-refractivity contribution in [2.45, 2.75) is 13.0 Å². The Balaban J connectivity index is 2.28. The molecule has 0 radical (unpaired) electrons. The zero-order valence-electron chi connectivity index (χ0n) is 11.7. The maximum absolute atomic E-state index is 5.27. The number of hydrogen-bond acceptors (Lipinski definition) is 5. The topological polar surface area (TPSA) is 47.5 Å². The number of fused-ring (bicyclic) bond motifs is 3. The third kappa shape index (κ3) is 2.13. The zero-order valence-corrected chi connectivity index (χ0v) is 13.3. The summed E-state index contributed by atoms with van der Waals surface area (Å²) in [4.78, 5) is 11.4. The third-order valence-corrected chi connectivity index (χ3v) is 4.33. The van der Waals surface area contributed by atoms with E-state index in [2.05, 4.69) is 37.8 Å². The molecule has 1 aromatic carbocycles. The van der Waals surface area contributed by atoms with Gasteiger partial charge in [0.2, 0.25) is 0 Å². The smallest absolute Gasteiger partial charge is 0.278 e. The Labute approximate surface area is 126 Å². The number of aromatic nitrogens is 2. The van der Waals surface area contributed by atoms with Crippen LogP contribution in [0.25, 0.3) is 11.0 Å². The van der Waals surface area contributed by atoms with Crippen LogP contribution in [0.1, 0.15) is 11.1 Å². The van der Waals surface area contributed by atoms with Crippen molar-refractivity contribution in [3.05, 3.63) is 21.7 Å². The number of rotatable bonds is 2. The summed E-state index contributed by atoms with van der Waals surface area (Å²) in [6.45, 7) is 1.94. The van der Waals surface area contributed by atoms with Crippen molar-refractivity contribution < 1.29 is 9.47 Å². The van der Waals surface area contributed by atoms with E-state index in [4.69, 9.17) is 9.47 Å². The van der Waals surface area contributed by atoms with Crippen LogP contribution in [0.15, 0.2) is 10.5 Å². The standard InChI is InChI=1S/C14H16BrN3O2/c1-18-5-4-8-9(7-18)10(15)6-11-12(8)17-14(20-3)13(16-11)19-2/h6H,4-5,7H2,1-3H3. The van der Waals surface area contributed by atoms with Crippen molar-refractivity contribution in [1.82, 2.24) is 14.9 Å². The van der Waals surface area contributed by atoms with Crippen LogP contribution in [0.4, 0.5) is 0 Å². The van der Waals surface area contributed by atoms with Gasteiger partial charge in [-0.25, -0.2) is 9.97 Å². The molecule has 0 fully saturated rings. The normalized spacial score (nSPS) is 15.2. The summed E-state index contributed by atoms with van der Waals surface area (Å²) in [5.74, 6) is 0.850. The van der Waals surface area contributed by atoms with Crippen LogP contribution in [-0.4, -0.2) is 42.7 Å². The Bertz CT molecular complexity index is 675. The van der Waals surface area contributed by atoms with Crippen LogP contribution in [0.3, 0.4) is 0 Å². The molecule has 6 heteroatoms. The van der Waals surface area contributed by atoms with E-state index in [1.807, 2.05) is 6.07 Å². The van der Waals surface area contributed by atoms with Crippen LogP contribution >= 0.6 is 15.9 Å². The van der Waals surface area contributed by atoms with Crippen molar-refractivity contribution >= 4 is 27.0 Å². The second-order valence-corrected chi connectivity index (χ2v) is 5.77. The van der Waals surface area contributed by atoms with E-state index in [9.17, 15) is 0 Å². The van der Waals surface area contributed by atoms with E-state index in [1.54, 1.807) is 14.2 Å². The molecule has 0 N–H and O–H groups in total. The van der Waals surface area contributed by atoms with Gasteiger partial charge in [-0.3, -0.25) is 0 Å². The minimum Gasteiger partial charge on any atom is -0.477 e. The lowest BCUT2D eigenvalue weighted by Crippen LogP contribution is -2.27. The Morgan fingerprint density at radius 2 is 1.85 bits per heavy atom. The minimum atomic E-state index is 0.416. The fourth-order valence-electron chi connectivity index (χ4n) is 2.59. The van der Waals surface area contributed by atoms with Gasteiger partial charge in [0.25, 0.3) is 11.8 Å². The molecule has 20 heavy (non-hydrogen) atoms. The van der Waals surface area contributed by atoms with E-state index in [-0.39, 0.29) is 0 Å². The van der Waals surface area contributed by atoms with Crippen molar-refractivity contribution in [3.8, 4) is 11.8 Å². The zero-order chi connectivity index (χ0) is 14.3. The van der Waals surface area contributed by atoms with E-state index in [0.717, 1.165) is 35.0 Å². The lowest BCUT2D eigenvalue weighted by molar-refractivity contribution is 0.312. The van der Waals surface area contributed by atoms with Gasteiger partial charge in [-0.1, -0.05) is 15.9 Å². The van der Waals surface area contributed by atoms with E-state index >= 15 is 0 Å². The maximum atomic E-state index is 5.27. The molecule has 0 saturated carbocycles. The Morgan fingerprint density at radius 3 is 2.55 bits per heavy atom. The predicted octanol–water partition coefficient (Wildman–Crippen LogP) is 2.40. The molecule has 2 heterocycles. The first-order valence-corrected chi connectivity index (χ1v) is 7.22. The van der Waals surface area contributed by atoms with E-state index < -0.39 is 0 Å². The second kappa shape index (κ2) is 5.18. The van der Waals surface area contributed by atoms with Gasteiger partial charge >= 0.3 is 0 Å². The van der Waals surface area contributed by atoms with Crippen LogP contribution in [0.2, 0.25) is 0 Å². The maximum Gasteiger partial charge on any atom is 0.278 e. The van der Waals surface area contributed by atoms with Crippen LogP contribution in [0.5, 0.6) is 11.8 Å². The third-order valence-electron chi connectivity index (χ3n) is 3.62. The highest BCUT2D eigenvalue weighted by Crippen LogP contribution is 2.34. The molecule has 1 aliphatic heterocycles. The Kier molecular flexibility index (Phi) is 3.52. The molecule has 1 aliphatic rings. The summed E-state index contributed by atoms with van der Waals surface area (Å²) < 4.78 is 11.6. The highest BCUT2D eigenvalue weighted by molar-refractivity contribution is 9.10. The predicted molar refractivity (Wildman–Crippen MR) is 80.4 cm³/mol. The quantitative estimate of drug-likeness (QED) is 0.842. The lowest BCUT2D eigenvalue weighted by Gasteiger charge is -2.26. The highest BCUT2D eigenvalue weighted by Gasteiger charge is 2.22. The number of ether oxygens (including phenoxy) is 2. The van der Waals surface area contributed by atoms with Gasteiger partial charge in [-0.05, 0) is 30.7 Å². The van der Waals surface area contributed by atoms with Crippen LogP contribution < -0.4 is 9.47 Å². The van der Waals surface area contributed by atoms with Crippen molar-refractivity contribution in [1.29, 1.82) is 0 Å². The summed E-state index contributed by atoms with van der Waals surface area (Å²) in [5, 5.41) is 0. The molecule has 5 nitrogen and oxygen atoms in total. The molecule has 0 atom stereocenters. The van der Waals surface area contributed by atoms with Crippen molar-refractivity contribution in [2.75, 3.05) is 27.8 Å². The van der Waals surface area contributed by atoms with Crippen molar-refractivity contribution in [3.63, 3.8) is 0 Å². The first kappa shape index (κ1) is 13.6. The van der Waals surface area contributed by atoms with Gasteiger partial charge in [-0.15, -0.1) is 0 Å². The summed E-state index contributed by atoms with van der Waals surface area (Å²) in [7, 11) is 5.28. The molecule has 0 bridgehead atoms. The number of hydrogen-bond donors (Lipinski definition) is 0. The number of methoxy groups -OCH3 is 2. The SMILES string of the molecule is COc1nc2cc(Br)c3c(c2nc1OC)CCN(C)C3. The summed E-state index contributed by atoms with van der Waals surface area (Å²) in [6, 6.07) is 2.00. The average molecular weight is 338 g/mol. The average Bonchev–Trinajstić information content (AvgIpc) is 2.46. The second-order valence-electron chi connectivity index (χ2n) is 4.91. The highest BCUT2D eigenvalue weighted by atomic mass is 79.9. The summed E-state index contributed by atoms with van der Waals surface area (Å²) in [5.41, 5.74) is 4.28. The summed E-state index contributed by atoms with van der Waals surface area (Å²) in [6.07, 6.45) is 0.964. The summed E-state index contributed by atoms with van der Waals surface area (Å²) >= 11 is 3.65. The van der Waals surface area contributed by atoms with Gasteiger partial charge in [0, 0.05) is 17.6 Å². The lowest BCUT2D eigenvalue weighted by atomic mass is 9.98. The molecule has 0 amide bonds. The van der Waals surface area contributed by atoms with E-state index in [0.29, 0.717) is 11.8 Å². The minimum absolute atomic E-state index is 0.416. The van der Waals surface area contributed by atoms with Gasteiger partial charge in [0.05, 0.1) is 25.3 Å². The van der Waals surface area contributed by atoms with Gasteiger partial charge in [0.15, 0.2) is 0 Å². The molecule has 106 valence electrons. The molecule has 0 unspecified atom stereocenters. The number of nitrogens with zero attached hydrogens (tertiary/aromatic N) is 3. The number of halogens is 1. The molecule has 1 aromatic heterocycles. The number of benzene rings is 1. The van der Waals surface area contributed by atoms with Crippen molar-refractivity contribution in [2.24, 2.45) is 0 Å². The Hall–Kier alpha value is -1.40. The molecule has 0 saturated heterocycles. The Morgan fingerprint density at radius 1 is 1.15 bits per heavy atom. The molecular formula is C14H16BrN3O2. The largest absolute Gasteiger partial charge is 0.477 e. The fourth-order valence-corrected chi connectivity index (χ4v) is 3.17.